The van der Waals surface area contributed by atoms with Gasteiger partial charge in [0.25, 0.3) is 0 Å². The molecule has 2 amide bonds. The van der Waals surface area contributed by atoms with E-state index in [1.807, 2.05) is 25.1 Å². The van der Waals surface area contributed by atoms with E-state index in [4.69, 9.17) is 5.73 Å². The number of aryl methyl sites for hydroxylation is 1. The Bertz CT molecular complexity index is 640. The van der Waals surface area contributed by atoms with Crippen molar-refractivity contribution < 1.29 is 9.18 Å². The molecule has 0 saturated carbocycles. The monoisotopic (exact) mass is 287 g/mol. The van der Waals surface area contributed by atoms with Gasteiger partial charge in [0, 0.05) is 17.4 Å². The summed E-state index contributed by atoms with van der Waals surface area (Å²) in [6.07, 6.45) is 0. The van der Waals surface area contributed by atoms with E-state index in [0.29, 0.717) is 11.3 Å². The van der Waals surface area contributed by atoms with Crippen molar-refractivity contribution in [2.24, 2.45) is 5.73 Å². The number of anilines is 2. The maximum Gasteiger partial charge on any atom is 0.316 e. The van der Waals surface area contributed by atoms with Crippen LogP contribution in [0.3, 0.4) is 0 Å². The van der Waals surface area contributed by atoms with E-state index in [0.717, 1.165) is 11.3 Å². The molecule has 5 heteroatoms. The quantitative estimate of drug-likeness (QED) is 0.800. The number of rotatable bonds is 4. The fraction of sp³-hybridized carbons (Fsp3) is 0.188. The molecule has 4 N–H and O–H groups in total. The largest absolute Gasteiger partial charge is 0.378 e. The van der Waals surface area contributed by atoms with Gasteiger partial charge in [-0.3, -0.25) is 0 Å². The van der Waals surface area contributed by atoms with Crippen molar-refractivity contribution >= 4 is 17.4 Å². The Balaban J connectivity index is 2.07. The van der Waals surface area contributed by atoms with Gasteiger partial charge < -0.3 is 16.4 Å². The summed E-state index contributed by atoms with van der Waals surface area (Å²) >= 11 is 0. The fourth-order valence-electron chi connectivity index (χ4n) is 2.01. The van der Waals surface area contributed by atoms with Gasteiger partial charge in [-0.1, -0.05) is 18.2 Å². The highest BCUT2D eigenvalue weighted by atomic mass is 19.1. The zero-order valence-corrected chi connectivity index (χ0v) is 12.0. The summed E-state index contributed by atoms with van der Waals surface area (Å²) in [5, 5.41) is 5.74. The van der Waals surface area contributed by atoms with Crippen LogP contribution >= 0.6 is 0 Å². The van der Waals surface area contributed by atoms with Crippen molar-refractivity contribution in [3.8, 4) is 0 Å². The predicted molar refractivity (Wildman–Crippen MR) is 82.8 cm³/mol. The number of primary amides is 1. The highest BCUT2D eigenvalue weighted by molar-refractivity contribution is 5.87. The lowest BCUT2D eigenvalue weighted by Crippen LogP contribution is -2.19. The number of carbonyl (C=O) groups is 1. The van der Waals surface area contributed by atoms with Crippen molar-refractivity contribution in [2.75, 3.05) is 10.6 Å². The number of hydrogen-bond acceptors (Lipinski definition) is 2. The van der Waals surface area contributed by atoms with Crippen molar-refractivity contribution in [1.82, 2.24) is 0 Å². The molecule has 4 nitrogen and oxygen atoms in total. The molecular formula is C16H18FN3O. The molecule has 1 unspecified atom stereocenters. The van der Waals surface area contributed by atoms with Crippen LogP contribution in [0.5, 0.6) is 0 Å². The van der Waals surface area contributed by atoms with Gasteiger partial charge >= 0.3 is 6.03 Å². The Morgan fingerprint density at radius 1 is 1.14 bits per heavy atom. The molecule has 0 heterocycles. The minimum Gasteiger partial charge on any atom is -0.378 e. The summed E-state index contributed by atoms with van der Waals surface area (Å²) in [5.74, 6) is -0.229. The Labute approximate surface area is 123 Å². The normalized spacial score (nSPS) is 11.8. The lowest BCUT2D eigenvalue weighted by atomic mass is 10.1. The molecule has 21 heavy (non-hydrogen) atoms. The van der Waals surface area contributed by atoms with Gasteiger partial charge in [-0.25, -0.2) is 9.18 Å². The van der Waals surface area contributed by atoms with Gasteiger partial charge in [0.1, 0.15) is 5.82 Å². The second-order valence-corrected chi connectivity index (χ2v) is 4.94. The van der Waals surface area contributed by atoms with Crippen LogP contribution in [0.4, 0.5) is 20.6 Å². The molecule has 2 aromatic carbocycles. The maximum atomic E-state index is 13.5. The number of hydrogen-bond donors (Lipinski definition) is 3. The Morgan fingerprint density at radius 2 is 1.76 bits per heavy atom. The molecule has 0 spiro atoms. The first kappa shape index (κ1) is 14.8. The number of nitrogens with two attached hydrogens (primary N) is 1. The van der Waals surface area contributed by atoms with Crippen LogP contribution in [0.1, 0.15) is 24.1 Å². The van der Waals surface area contributed by atoms with E-state index in [1.54, 1.807) is 25.1 Å². The third kappa shape index (κ3) is 3.95. The topological polar surface area (TPSA) is 67.2 Å². The van der Waals surface area contributed by atoms with E-state index in [2.05, 4.69) is 10.6 Å². The standard InChI is InChI=1S/C16H18FN3O/c1-10-3-6-14(9-15(10)17)19-11(2)12-4-7-13(8-5-12)20-16(18)21/h3-9,11,19H,1-2H3,(H3,18,20,21). The number of benzene rings is 2. The molecule has 2 aromatic rings. The zero-order valence-electron chi connectivity index (χ0n) is 12.0. The van der Waals surface area contributed by atoms with Crippen molar-refractivity contribution in [2.45, 2.75) is 19.9 Å². The Hall–Kier alpha value is -2.56. The minimum atomic E-state index is -0.593. The Kier molecular flexibility index (Phi) is 4.42. The van der Waals surface area contributed by atoms with Gasteiger partial charge in [0.05, 0.1) is 0 Å². The van der Waals surface area contributed by atoms with E-state index in [1.165, 1.54) is 6.07 Å². The highest BCUT2D eigenvalue weighted by Gasteiger charge is 2.07. The molecule has 0 fully saturated rings. The van der Waals surface area contributed by atoms with E-state index in [-0.39, 0.29) is 11.9 Å². The van der Waals surface area contributed by atoms with Gasteiger partial charge in [-0.15, -0.1) is 0 Å². The molecule has 1 atom stereocenters. The molecule has 0 aliphatic heterocycles. The first-order chi connectivity index (χ1) is 9.95. The van der Waals surface area contributed by atoms with Crippen LogP contribution in [0.25, 0.3) is 0 Å². The SMILES string of the molecule is Cc1ccc(NC(C)c2ccc(NC(N)=O)cc2)cc1F. The second-order valence-electron chi connectivity index (χ2n) is 4.94. The molecular weight excluding hydrogens is 269 g/mol. The lowest BCUT2D eigenvalue weighted by Gasteiger charge is -2.16. The summed E-state index contributed by atoms with van der Waals surface area (Å²) < 4.78 is 13.5. The molecule has 0 aliphatic carbocycles. The number of amides is 2. The molecule has 0 saturated heterocycles. The third-order valence-corrected chi connectivity index (χ3v) is 3.23. The average Bonchev–Trinajstić information content (AvgIpc) is 2.43. The van der Waals surface area contributed by atoms with Gasteiger partial charge in [-0.2, -0.15) is 0 Å². The first-order valence-corrected chi connectivity index (χ1v) is 6.65. The van der Waals surface area contributed by atoms with Crippen LogP contribution in [0, 0.1) is 12.7 Å². The summed E-state index contributed by atoms with van der Waals surface area (Å²) in [6, 6.07) is 11.8. The average molecular weight is 287 g/mol. The lowest BCUT2D eigenvalue weighted by molar-refractivity contribution is 0.259. The van der Waals surface area contributed by atoms with Crippen LogP contribution in [-0.4, -0.2) is 6.03 Å². The summed E-state index contributed by atoms with van der Waals surface area (Å²) in [7, 11) is 0. The minimum absolute atomic E-state index is 0.00901. The van der Waals surface area contributed by atoms with E-state index >= 15 is 0 Å². The molecule has 110 valence electrons. The molecule has 2 rings (SSSR count). The number of halogens is 1. The van der Waals surface area contributed by atoms with E-state index in [9.17, 15) is 9.18 Å². The number of nitrogens with one attached hydrogen (secondary N) is 2. The highest BCUT2D eigenvalue weighted by Crippen LogP contribution is 2.22. The summed E-state index contributed by atoms with van der Waals surface area (Å²) in [4.78, 5) is 10.8. The van der Waals surface area contributed by atoms with Crippen molar-refractivity contribution in [3.63, 3.8) is 0 Å². The maximum absolute atomic E-state index is 13.5. The van der Waals surface area contributed by atoms with Crippen molar-refractivity contribution in [3.05, 3.63) is 59.4 Å². The van der Waals surface area contributed by atoms with Crippen LogP contribution in [0.2, 0.25) is 0 Å². The van der Waals surface area contributed by atoms with Crippen LogP contribution in [0.15, 0.2) is 42.5 Å². The zero-order chi connectivity index (χ0) is 15.4. The first-order valence-electron chi connectivity index (χ1n) is 6.65. The summed E-state index contributed by atoms with van der Waals surface area (Å²) in [5.41, 5.74) is 8.06. The van der Waals surface area contributed by atoms with Gasteiger partial charge in [0.15, 0.2) is 0 Å². The molecule has 0 aromatic heterocycles. The van der Waals surface area contributed by atoms with Gasteiger partial charge in [-0.05, 0) is 49.2 Å². The van der Waals surface area contributed by atoms with E-state index < -0.39 is 6.03 Å². The molecule has 0 bridgehead atoms. The second kappa shape index (κ2) is 6.26. The predicted octanol–water partition coefficient (Wildman–Crippen LogP) is 3.80. The van der Waals surface area contributed by atoms with Crippen LogP contribution in [-0.2, 0) is 0 Å². The number of carbonyl (C=O) groups excluding carboxylic acids is 1. The third-order valence-electron chi connectivity index (χ3n) is 3.23. The fourth-order valence-corrected chi connectivity index (χ4v) is 2.01. The molecule has 0 aliphatic rings. The Morgan fingerprint density at radius 3 is 2.33 bits per heavy atom. The summed E-state index contributed by atoms with van der Waals surface area (Å²) in [6.45, 7) is 3.71. The smallest absolute Gasteiger partial charge is 0.316 e. The number of urea groups is 1. The van der Waals surface area contributed by atoms with Crippen molar-refractivity contribution in [1.29, 1.82) is 0 Å². The van der Waals surface area contributed by atoms with Crippen LogP contribution < -0.4 is 16.4 Å². The molecule has 0 radical (unpaired) electrons. The van der Waals surface area contributed by atoms with Gasteiger partial charge in [0.2, 0.25) is 0 Å².